The van der Waals surface area contributed by atoms with Gasteiger partial charge in [-0.1, -0.05) is 44.2 Å². The molecule has 0 N–H and O–H groups in total. The first-order valence-corrected chi connectivity index (χ1v) is 9.11. The van der Waals surface area contributed by atoms with E-state index >= 15 is 0 Å². The fourth-order valence-corrected chi connectivity index (χ4v) is 3.23. The summed E-state index contributed by atoms with van der Waals surface area (Å²) in [4.78, 5) is 30.7. The van der Waals surface area contributed by atoms with Crippen molar-refractivity contribution in [3.05, 3.63) is 35.9 Å². The van der Waals surface area contributed by atoms with E-state index < -0.39 is 0 Å². The number of piperazine rings is 1. The van der Waals surface area contributed by atoms with Crippen LogP contribution in [0.3, 0.4) is 0 Å². The van der Waals surface area contributed by atoms with Crippen molar-refractivity contribution in [2.45, 2.75) is 26.8 Å². The predicted octanol–water partition coefficient (Wildman–Crippen LogP) is 2.37. The van der Waals surface area contributed by atoms with Gasteiger partial charge in [-0.2, -0.15) is 0 Å². The van der Waals surface area contributed by atoms with Crippen LogP contribution >= 0.6 is 0 Å². The molecule has 0 radical (unpaired) electrons. The van der Waals surface area contributed by atoms with Gasteiger partial charge in [0.1, 0.15) is 6.04 Å². The molecule has 0 saturated carbocycles. The Bertz CT molecular complexity index is 552. The lowest BCUT2D eigenvalue weighted by Gasteiger charge is -2.38. The molecule has 0 bridgehead atoms. The third-order valence-corrected chi connectivity index (χ3v) is 4.64. The Morgan fingerprint density at radius 3 is 2.08 bits per heavy atom. The molecule has 1 aliphatic heterocycles. The first-order chi connectivity index (χ1) is 12.1. The Hall–Kier alpha value is -2.08. The molecule has 2 amide bonds. The predicted molar refractivity (Wildman–Crippen MR) is 97.3 cm³/mol. The molecule has 1 fully saturated rings. The number of rotatable bonds is 6. The lowest BCUT2D eigenvalue weighted by molar-refractivity contribution is -0.138. The summed E-state index contributed by atoms with van der Waals surface area (Å²) in [5.41, 5.74) is 1.02. The summed E-state index contributed by atoms with van der Waals surface area (Å²) in [7, 11) is 0. The van der Waals surface area contributed by atoms with Gasteiger partial charge in [0.15, 0.2) is 0 Å². The van der Waals surface area contributed by atoms with E-state index in [4.69, 9.17) is 4.74 Å². The Labute approximate surface area is 150 Å². The highest BCUT2D eigenvalue weighted by Crippen LogP contribution is 2.23. The van der Waals surface area contributed by atoms with Crippen LogP contribution in [0.2, 0.25) is 0 Å². The maximum Gasteiger partial charge on any atom is 0.409 e. The Morgan fingerprint density at radius 1 is 1.00 bits per heavy atom. The molecular weight excluding hydrogens is 318 g/mol. The van der Waals surface area contributed by atoms with Crippen LogP contribution < -0.4 is 0 Å². The third-order valence-electron chi connectivity index (χ3n) is 4.64. The molecule has 2 rings (SSSR count). The molecule has 1 heterocycles. The van der Waals surface area contributed by atoms with Crippen LogP contribution in [0.25, 0.3) is 0 Å². The van der Waals surface area contributed by atoms with Crippen molar-refractivity contribution in [2.24, 2.45) is 0 Å². The van der Waals surface area contributed by atoms with Crippen molar-refractivity contribution in [2.75, 3.05) is 45.9 Å². The highest BCUT2D eigenvalue weighted by atomic mass is 16.6. The van der Waals surface area contributed by atoms with Gasteiger partial charge in [-0.25, -0.2) is 4.79 Å². The molecule has 0 aromatic heterocycles. The van der Waals surface area contributed by atoms with Gasteiger partial charge in [0.2, 0.25) is 5.91 Å². The summed E-state index contributed by atoms with van der Waals surface area (Å²) in [6.45, 7) is 10.1. The zero-order chi connectivity index (χ0) is 18.2. The van der Waals surface area contributed by atoms with Crippen LogP contribution in [-0.2, 0) is 9.53 Å². The molecule has 25 heavy (non-hydrogen) atoms. The summed E-state index contributed by atoms with van der Waals surface area (Å²) in [6, 6.07) is 9.65. The van der Waals surface area contributed by atoms with E-state index in [1.807, 2.05) is 35.2 Å². The number of likely N-dealkylation sites (N-methyl/N-ethyl adjacent to an activating group) is 1. The fourth-order valence-electron chi connectivity index (χ4n) is 3.23. The van der Waals surface area contributed by atoms with Crippen molar-refractivity contribution in [1.29, 1.82) is 0 Å². The smallest absolute Gasteiger partial charge is 0.409 e. The number of ether oxygens (including phenoxy) is 1. The van der Waals surface area contributed by atoms with E-state index in [1.165, 1.54) is 0 Å². The van der Waals surface area contributed by atoms with Crippen LogP contribution in [0.1, 0.15) is 32.4 Å². The van der Waals surface area contributed by atoms with Crippen molar-refractivity contribution in [3.8, 4) is 0 Å². The minimum atomic E-state index is -0.294. The molecule has 0 aliphatic carbocycles. The standard InChI is InChI=1S/C19H29N3O3/c1-4-20(5-2)17(16-10-8-7-9-11-16)18(23)21-12-14-22(15-13-21)19(24)25-6-3/h7-11,17H,4-6,12-15H2,1-3H3. The first kappa shape index (κ1) is 19.2. The van der Waals surface area contributed by atoms with E-state index in [0.717, 1.165) is 18.7 Å². The van der Waals surface area contributed by atoms with Crippen LogP contribution in [-0.4, -0.2) is 72.6 Å². The van der Waals surface area contributed by atoms with E-state index in [2.05, 4.69) is 18.7 Å². The number of hydrogen-bond acceptors (Lipinski definition) is 4. The molecule has 1 aromatic rings. The van der Waals surface area contributed by atoms with Crippen LogP contribution in [0, 0.1) is 0 Å². The van der Waals surface area contributed by atoms with Gasteiger partial charge in [0, 0.05) is 26.2 Å². The van der Waals surface area contributed by atoms with Crippen molar-refractivity contribution in [3.63, 3.8) is 0 Å². The maximum atomic E-state index is 13.2. The summed E-state index contributed by atoms with van der Waals surface area (Å²) < 4.78 is 5.04. The minimum absolute atomic E-state index is 0.110. The fraction of sp³-hybridized carbons (Fsp3) is 0.579. The number of carbonyl (C=O) groups is 2. The summed E-state index contributed by atoms with van der Waals surface area (Å²) in [5.74, 6) is 0.110. The van der Waals surface area contributed by atoms with Crippen LogP contribution in [0.15, 0.2) is 30.3 Å². The normalized spacial score (nSPS) is 16.0. The van der Waals surface area contributed by atoms with Gasteiger partial charge in [0.05, 0.1) is 6.61 Å². The first-order valence-electron chi connectivity index (χ1n) is 9.11. The third kappa shape index (κ3) is 4.72. The number of nitrogens with zero attached hydrogens (tertiary/aromatic N) is 3. The monoisotopic (exact) mass is 347 g/mol. The summed E-state index contributed by atoms with van der Waals surface area (Å²) in [5, 5.41) is 0. The average molecular weight is 347 g/mol. The molecular formula is C19H29N3O3. The van der Waals surface area contributed by atoms with E-state index in [-0.39, 0.29) is 18.0 Å². The van der Waals surface area contributed by atoms with Gasteiger partial charge in [-0.15, -0.1) is 0 Å². The molecule has 6 nitrogen and oxygen atoms in total. The second-order valence-electron chi connectivity index (χ2n) is 6.05. The molecule has 6 heteroatoms. The highest BCUT2D eigenvalue weighted by molar-refractivity contribution is 5.83. The molecule has 0 spiro atoms. The van der Waals surface area contributed by atoms with Crippen molar-refractivity contribution < 1.29 is 14.3 Å². The van der Waals surface area contributed by atoms with Crippen LogP contribution in [0.5, 0.6) is 0 Å². The topological polar surface area (TPSA) is 53.1 Å². The van der Waals surface area contributed by atoms with E-state index in [9.17, 15) is 9.59 Å². The number of hydrogen-bond donors (Lipinski definition) is 0. The summed E-state index contributed by atoms with van der Waals surface area (Å²) in [6.07, 6.45) is -0.294. The molecule has 1 atom stereocenters. The second kappa shape index (κ2) is 9.42. The zero-order valence-electron chi connectivity index (χ0n) is 15.5. The quantitative estimate of drug-likeness (QED) is 0.793. The minimum Gasteiger partial charge on any atom is -0.450 e. The van der Waals surface area contributed by atoms with E-state index in [1.54, 1.807) is 11.8 Å². The van der Waals surface area contributed by atoms with Gasteiger partial charge in [-0.05, 0) is 25.6 Å². The molecule has 138 valence electrons. The highest BCUT2D eigenvalue weighted by Gasteiger charge is 2.32. The second-order valence-corrected chi connectivity index (χ2v) is 6.05. The lowest BCUT2D eigenvalue weighted by atomic mass is 10.0. The van der Waals surface area contributed by atoms with Crippen LogP contribution in [0.4, 0.5) is 4.79 Å². The number of benzene rings is 1. The Kier molecular flexibility index (Phi) is 7.25. The Morgan fingerprint density at radius 2 is 1.56 bits per heavy atom. The molecule has 1 aromatic carbocycles. The number of carbonyl (C=O) groups excluding carboxylic acids is 2. The molecule has 1 unspecified atom stereocenters. The summed E-state index contributed by atoms with van der Waals surface area (Å²) >= 11 is 0. The zero-order valence-corrected chi connectivity index (χ0v) is 15.5. The van der Waals surface area contributed by atoms with Crippen molar-refractivity contribution >= 4 is 12.0 Å². The average Bonchev–Trinajstić information content (AvgIpc) is 2.66. The largest absolute Gasteiger partial charge is 0.450 e. The molecule has 1 saturated heterocycles. The van der Waals surface area contributed by atoms with Crippen molar-refractivity contribution in [1.82, 2.24) is 14.7 Å². The molecule has 1 aliphatic rings. The SMILES string of the molecule is CCOC(=O)N1CCN(C(=O)C(c2ccccc2)N(CC)CC)CC1. The van der Waals surface area contributed by atoms with E-state index in [0.29, 0.717) is 32.8 Å². The Balaban J connectivity index is 2.09. The van der Waals surface area contributed by atoms with Gasteiger partial charge >= 0.3 is 6.09 Å². The van der Waals surface area contributed by atoms with Gasteiger partial charge < -0.3 is 14.5 Å². The van der Waals surface area contributed by atoms with Gasteiger partial charge in [0.25, 0.3) is 0 Å². The number of amides is 2. The van der Waals surface area contributed by atoms with Gasteiger partial charge in [-0.3, -0.25) is 9.69 Å². The lowest BCUT2D eigenvalue weighted by Crippen LogP contribution is -2.53. The maximum absolute atomic E-state index is 13.2.